The highest BCUT2D eigenvalue weighted by Gasteiger charge is 2.08. The number of hydrogen-bond donors (Lipinski definition) is 0. The van der Waals surface area contributed by atoms with Crippen LogP contribution in [0.2, 0.25) is 0 Å². The van der Waals surface area contributed by atoms with Crippen LogP contribution in [0.3, 0.4) is 0 Å². The normalized spacial score (nSPS) is 11.1. The van der Waals surface area contributed by atoms with Crippen molar-refractivity contribution in [2.75, 3.05) is 5.75 Å². The summed E-state index contributed by atoms with van der Waals surface area (Å²) in [5.74, 6) is 1.94. The Hall–Kier alpha value is -1.10. The second-order valence-corrected chi connectivity index (χ2v) is 4.29. The van der Waals surface area contributed by atoms with Gasteiger partial charge in [-0.1, -0.05) is 18.7 Å². The molecule has 0 radical (unpaired) electrons. The van der Waals surface area contributed by atoms with Crippen LogP contribution in [0.5, 0.6) is 0 Å². The molecule has 0 atom stereocenters. The van der Waals surface area contributed by atoms with Crippen molar-refractivity contribution < 1.29 is 0 Å². The average molecular weight is 208 g/mol. The van der Waals surface area contributed by atoms with Gasteiger partial charge in [-0.25, -0.2) is 4.98 Å². The molecule has 0 aliphatic rings. The lowest BCUT2D eigenvalue weighted by Gasteiger charge is -2.02. The number of thioether (sulfide) groups is 1. The van der Waals surface area contributed by atoms with Gasteiger partial charge in [0.15, 0.2) is 10.8 Å². The van der Waals surface area contributed by atoms with Crippen molar-refractivity contribution in [1.82, 2.24) is 19.6 Å². The molecule has 0 fully saturated rings. The highest BCUT2D eigenvalue weighted by Crippen LogP contribution is 2.17. The van der Waals surface area contributed by atoms with Gasteiger partial charge in [-0.15, -0.1) is 10.2 Å². The molecule has 0 N–H and O–H groups in total. The van der Waals surface area contributed by atoms with Crippen LogP contribution in [0, 0.1) is 13.8 Å². The molecule has 5 heteroatoms. The predicted octanol–water partition coefficient (Wildman–Crippen LogP) is 1.85. The van der Waals surface area contributed by atoms with Gasteiger partial charge < -0.3 is 0 Å². The Bertz CT molecular complexity index is 463. The van der Waals surface area contributed by atoms with Crippen LogP contribution in [-0.2, 0) is 0 Å². The third kappa shape index (κ3) is 1.48. The fourth-order valence-corrected chi connectivity index (χ4v) is 2.14. The van der Waals surface area contributed by atoms with Crippen molar-refractivity contribution in [2.45, 2.75) is 25.9 Å². The number of fused-ring (bicyclic) bond motifs is 1. The summed E-state index contributed by atoms with van der Waals surface area (Å²) < 4.78 is 1.99. The van der Waals surface area contributed by atoms with E-state index in [1.165, 1.54) is 0 Å². The summed E-state index contributed by atoms with van der Waals surface area (Å²) >= 11 is 1.68. The van der Waals surface area contributed by atoms with E-state index < -0.39 is 0 Å². The van der Waals surface area contributed by atoms with Gasteiger partial charge in [-0.2, -0.15) is 0 Å². The van der Waals surface area contributed by atoms with Crippen LogP contribution in [-0.4, -0.2) is 25.3 Å². The zero-order chi connectivity index (χ0) is 10.1. The Labute approximate surface area is 86.8 Å². The Morgan fingerprint density at radius 3 is 2.86 bits per heavy atom. The second kappa shape index (κ2) is 3.57. The summed E-state index contributed by atoms with van der Waals surface area (Å²) in [7, 11) is 0. The molecule has 0 spiro atoms. The standard InChI is InChI=1S/C9H12N4S/c1-4-14-9-12-11-8-5-6(2)10-7(3)13(8)9/h5H,4H2,1-3H3. The Morgan fingerprint density at radius 2 is 2.14 bits per heavy atom. The number of aryl methyl sites for hydroxylation is 2. The topological polar surface area (TPSA) is 43.1 Å². The van der Waals surface area contributed by atoms with Crippen LogP contribution in [0.25, 0.3) is 5.65 Å². The summed E-state index contributed by atoms with van der Waals surface area (Å²) in [5, 5.41) is 9.16. The van der Waals surface area contributed by atoms with E-state index in [0.717, 1.165) is 28.1 Å². The number of aromatic nitrogens is 4. The lowest BCUT2D eigenvalue weighted by molar-refractivity contribution is 0.855. The van der Waals surface area contributed by atoms with E-state index in [2.05, 4.69) is 22.1 Å². The van der Waals surface area contributed by atoms with Gasteiger partial charge in [-0.05, 0) is 19.6 Å². The minimum Gasteiger partial charge on any atom is -0.258 e. The molecule has 0 bridgehead atoms. The van der Waals surface area contributed by atoms with Gasteiger partial charge in [0.25, 0.3) is 0 Å². The SMILES string of the molecule is CCSc1nnc2cc(C)nc(C)n12. The van der Waals surface area contributed by atoms with Gasteiger partial charge in [0.1, 0.15) is 5.82 Å². The van der Waals surface area contributed by atoms with E-state index >= 15 is 0 Å². The molecule has 2 rings (SSSR count). The van der Waals surface area contributed by atoms with Crippen molar-refractivity contribution in [3.05, 3.63) is 17.6 Å². The maximum Gasteiger partial charge on any atom is 0.197 e. The monoisotopic (exact) mass is 208 g/mol. The van der Waals surface area contributed by atoms with E-state index in [1.807, 2.05) is 24.3 Å². The summed E-state index contributed by atoms with van der Waals surface area (Å²) in [5.41, 5.74) is 1.86. The molecule has 0 amide bonds. The van der Waals surface area contributed by atoms with Gasteiger partial charge in [-0.3, -0.25) is 4.40 Å². The van der Waals surface area contributed by atoms with E-state index in [4.69, 9.17) is 0 Å². The van der Waals surface area contributed by atoms with E-state index in [-0.39, 0.29) is 0 Å². The molecule has 0 aromatic carbocycles. The molecule has 2 heterocycles. The molecule has 74 valence electrons. The third-order valence-electron chi connectivity index (χ3n) is 1.93. The first-order chi connectivity index (χ1) is 6.72. The molecular weight excluding hydrogens is 196 g/mol. The first-order valence-electron chi connectivity index (χ1n) is 4.54. The van der Waals surface area contributed by atoms with Gasteiger partial charge >= 0.3 is 0 Å². The smallest absolute Gasteiger partial charge is 0.197 e. The number of hydrogen-bond acceptors (Lipinski definition) is 4. The lowest BCUT2D eigenvalue weighted by atomic mass is 10.4. The number of rotatable bonds is 2. The van der Waals surface area contributed by atoms with Crippen molar-refractivity contribution in [2.24, 2.45) is 0 Å². The van der Waals surface area contributed by atoms with Crippen molar-refractivity contribution >= 4 is 17.4 Å². The van der Waals surface area contributed by atoms with Crippen molar-refractivity contribution in [3.8, 4) is 0 Å². The Kier molecular flexibility index (Phi) is 2.41. The summed E-state index contributed by atoms with van der Waals surface area (Å²) in [4.78, 5) is 4.39. The van der Waals surface area contributed by atoms with E-state index in [0.29, 0.717) is 0 Å². The summed E-state index contributed by atoms with van der Waals surface area (Å²) in [6.45, 7) is 6.04. The maximum atomic E-state index is 4.39. The van der Waals surface area contributed by atoms with E-state index in [1.54, 1.807) is 11.8 Å². The Balaban J connectivity index is 2.66. The highest BCUT2D eigenvalue weighted by molar-refractivity contribution is 7.99. The zero-order valence-electron chi connectivity index (χ0n) is 8.48. The minimum absolute atomic E-state index is 0.881. The number of nitrogens with zero attached hydrogens (tertiary/aromatic N) is 4. The molecular formula is C9H12N4S. The third-order valence-corrected chi connectivity index (χ3v) is 2.74. The molecule has 0 aliphatic carbocycles. The molecule has 0 aliphatic heterocycles. The lowest BCUT2D eigenvalue weighted by Crippen LogP contribution is -1.98. The van der Waals surface area contributed by atoms with Gasteiger partial charge in [0, 0.05) is 11.8 Å². The highest BCUT2D eigenvalue weighted by atomic mass is 32.2. The molecule has 2 aromatic rings. The van der Waals surface area contributed by atoms with Crippen molar-refractivity contribution in [1.29, 1.82) is 0 Å². The second-order valence-electron chi connectivity index (χ2n) is 3.05. The quantitative estimate of drug-likeness (QED) is 0.706. The first kappa shape index (κ1) is 9.45. The van der Waals surface area contributed by atoms with Crippen LogP contribution >= 0.6 is 11.8 Å². The van der Waals surface area contributed by atoms with Crippen LogP contribution < -0.4 is 0 Å². The minimum atomic E-state index is 0.881. The van der Waals surface area contributed by atoms with Crippen LogP contribution in [0.15, 0.2) is 11.2 Å². The Morgan fingerprint density at radius 1 is 1.36 bits per heavy atom. The molecule has 4 nitrogen and oxygen atoms in total. The maximum absolute atomic E-state index is 4.39. The zero-order valence-corrected chi connectivity index (χ0v) is 9.30. The molecule has 0 unspecified atom stereocenters. The molecule has 14 heavy (non-hydrogen) atoms. The predicted molar refractivity (Wildman–Crippen MR) is 56.7 cm³/mol. The molecule has 0 saturated heterocycles. The molecule has 0 saturated carbocycles. The van der Waals surface area contributed by atoms with Crippen LogP contribution in [0.4, 0.5) is 0 Å². The summed E-state index contributed by atoms with van der Waals surface area (Å²) in [6, 6.07) is 1.94. The largest absolute Gasteiger partial charge is 0.258 e. The van der Waals surface area contributed by atoms with E-state index in [9.17, 15) is 0 Å². The van der Waals surface area contributed by atoms with Gasteiger partial charge in [0.05, 0.1) is 0 Å². The summed E-state index contributed by atoms with van der Waals surface area (Å²) in [6.07, 6.45) is 0. The van der Waals surface area contributed by atoms with Crippen molar-refractivity contribution in [3.63, 3.8) is 0 Å². The fraction of sp³-hybridized carbons (Fsp3) is 0.444. The molecule has 2 aromatic heterocycles. The van der Waals surface area contributed by atoms with Crippen LogP contribution in [0.1, 0.15) is 18.4 Å². The average Bonchev–Trinajstić information content (AvgIpc) is 2.49. The first-order valence-corrected chi connectivity index (χ1v) is 5.53. The van der Waals surface area contributed by atoms with Gasteiger partial charge in [0.2, 0.25) is 0 Å². The fourth-order valence-electron chi connectivity index (χ4n) is 1.43.